The molecule has 0 radical (unpaired) electrons. The Balaban J connectivity index is 1.41. The summed E-state index contributed by atoms with van der Waals surface area (Å²) in [4.78, 5) is 14.7. The van der Waals surface area contributed by atoms with E-state index in [4.69, 9.17) is 12.2 Å². The van der Waals surface area contributed by atoms with Gasteiger partial charge in [-0.2, -0.15) is 0 Å². The highest BCUT2D eigenvalue weighted by molar-refractivity contribution is 7.80. The van der Waals surface area contributed by atoms with Crippen molar-refractivity contribution in [2.45, 2.75) is 32.4 Å². The first-order valence-corrected chi connectivity index (χ1v) is 9.46. The first kappa shape index (κ1) is 18.5. The maximum Gasteiger partial charge on any atom is 0.257 e. The molecule has 1 amide bonds. The largest absolute Gasteiger partial charge is 0.360 e. The van der Waals surface area contributed by atoms with E-state index in [9.17, 15) is 4.79 Å². The summed E-state index contributed by atoms with van der Waals surface area (Å²) in [5.74, 6) is -0.163. The van der Waals surface area contributed by atoms with Gasteiger partial charge in [0.15, 0.2) is 5.11 Å². The highest BCUT2D eigenvalue weighted by Crippen LogP contribution is 2.14. The zero-order chi connectivity index (χ0) is 18.4. The molecule has 0 atom stereocenters. The number of rotatable bonds is 4. The Kier molecular flexibility index (Phi) is 6.36. The minimum atomic E-state index is -0.163. The van der Waals surface area contributed by atoms with Crippen molar-refractivity contribution >= 4 is 23.2 Å². The van der Waals surface area contributed by atoms with Crippen LogP contribution in [0.4, 0.5) is 0 Å². The van der Waals surface area contributed by atoms with E-state index in [0.717, 1.165) is 38.0 Å². The Bertz CT molecular complexity index is 738. The van der Waals surface area contributed by atoms with Crippen LogP contribution in [-0.2, 0) is 6.54 Å². The standard InChI is InChI=1S/C21H25N3OS/c1-16-7-9-18(10-8-16)20(25)23-21(26)22-19-11-13-24(14-12-19)15-17-5-3-2-4-6-17/h2-10,19H,11-15H2,1H3,(H2,22,23,25,26). The number of benzene rings is 2. The second-order valence-corrected chi connectivity index (χ2v) is 7.24. The van der Waals surface area contributed by atoms with Crippen LogP contribution in [0.2, 0.25) is 0 Å². The third-order valence-electron chi connectivity index (χ3n) is 4.71. The van der Waals surface area contributed by atoms with Gasteiger partial charge in [-0.05, 0) is 49.7 Å². The van der Waals surface area contributed by atoms with Gasteiger partial charge in [-0.1, -0.05) is 48.0 Å². The average molecular weight is 368 g/mol. The molecule has 0 bridgehead atoms. The van der Waals surface area contributed by atoms with Crippen LogP contribution in [0.25, 0.3) is 0 Å². The quantitative estimate of drug-likeness (QED) is 0.814. The number of carbonyl (C=O) groups is 1. The van der Waals surface area contributed by atoms with Gasteiger partial charge in [0.1, 0.15) is 0 Å². The van der Waals surface area contributed by atoms with E-state index >= 15 is 0 Å². The van der Waals surface area contributed by atoms with E-state index in [1.165, 1.54) is 5.56 Å². The molecular weight excluding hydrogens is 342 g/mol. The fourth-order valence-electron chi connectivity index (χ4n) is 3.18. The maximum atomic E-state index is 12.2. The van der Waals surface area contributed by atoms with Crippen molar-refractivity contribution in [2.75, 3.05) is 13.1 Å². The number of nitrogens with zero attached hydrogens (tertiary/aromatic N) is 1. The van der Waals surface area contributed by atoms with Crippen LogP contribution in [0, 0.1) is 6.92 Å². The Hall–Kier alpha value is -2.24. The fraction of sp³-hybridized carbons (Fsp3) is 0.333. The molecule has 1 saturated heterocycles. The molecule has 0 spiro atoms. The molecule has 0 aliphatic carbocycles. The number of aryl methyl sites for hydroxylation is 1. The lowest BCUT2D eigenvalue weighted by molar-refractivity contribution is 0.0976. The summed E-state index contributed by atoms with van der Waals surface area (Å²) in [7, 11) is 0. The Morgan fingerprint density at radius 3 is 2.38 bits per heavy atom. The smallest absolute Gasteiger partial charge is 0.257 e. The van der Waals surface area contributed by atoms with Crippen molar-refractivity contribution in [3.8, 4) is 0 Å². The highest BCUT2D eigenvalue weighted by atomic mass is 32.1. The van der Waals surface area contributed by atoms with Crippen molar-refractivity contribution < 1.29 is 4.79 Å². The van der Waals surface area contributed by atoms with Crippen molar-refractivity contribution in [3.05, 3.63) is 71.3 Å². The third kappa shape index (κ3) is 5.38. The zero-order valence-corrected chi connectivity index (χ0v) is 15.9. The van der Waals surface area contributed by atoms with Crippen LogP contribution in [-0.4, -0.2) is 35.1 Å². The molecule has 1 aliphatic rings. The number of amides is 1. The van der Waals surface area contributed by atoms with E-state index in [1.807, 2.05) is 37.3 Å². The summed E-state index contributed by atoms with van der Waals surface area (Å²) in [6.07, 6.45) is 2.04. The molecule has 1 aliphatic heterocycles. The molecule has 0 unspecified atom stereocenters. The molecular formula is C21H25N3OS. The predicted molar refractivity (Wildman–Crippen MR) is 109 cm³/mol. The van der Waals surface area contributed by atoms with E-state index in [1.54, 1.807) is 0 Å². The molecule has 1 heterocycles. The van der Waals surface area contributed by atoms with Crippen LogP contribution in [0.15, 0.2) is 54.6 Å². The van der Waals surface area contributed by atoms with Gasteiger partial charge in [-0.3, -0.25) is 15.0 Å². The van der Waals surface area contributed by atoms with Gasteiger partial charge in [0.05, 0.1) is 0 Å². The molecule has 26 heavy (non-hydrogen) atoms. The van der Waals surface area contributed by atoms with Crippen LogP contribution >= 0.6 is 12.2 Å². The Morgan fingerprint density at radius 2 is 1.73 bits per heavy atom. The van der Waals surface area contributed by atoms with Crippen LogP contribution in [0.1, 0.15) is 34.3 Å². The lowest BCUT2D eigenvalue weighted by Crippen LogP contribution is -2.48. The molecule has 4 nitrogen and oxygen atoms in total. The molecule has 136 valence electrons. The molecule has 5 heteroatoms. The fourth-order valence-corrected chi connectivity index (χ4v) is 3.44. The van der Waals surface area contributed by atoms with Gasteiger partial charge in [0.2, 0.25) is 0 Å². The number of likely N-dealkylation sites (tertiary alicyclic amines) is 1. The van der Waals surface area contributed by atoms with Crippen LogP contribution in [0.3, 0.4) is 0 Å². The summed E-state index contributed by atoms with van der Waals surface area (Å²) < 4.78 is 0. The molecule has 3 rings (SSSR count). The summed E-state index contributed by atoms with van der Waals surface area (Å²) in [5, 5.41) is 6.48. The van der Waals surface area contributed by atoms with Crippen molar-refractivity contribution in [1.29, 1.82) is 0 Å². The second kappa shape index (κ2) is 8.92. The first-order valence-electron chi connectivity index (χ1n) is 9.05. The molecule has 2 aromatic rings. The zero-order valence-electron chi connectivity index (χ0n) is 15.1. The average Bonchev–Trinajstić information content (AvgIpc) is 2.64. The van der Waals surface area contributed by atoms with Gasteiger partial charge in [0, 0.05) is 31.2 Å². The molecule has 0 saturated carbocycles. The van der Waals surface area contributed by atoms with Crippen molar-refractivity contribution in [1.82, 2.24) is 15.5 Å². The number of nitrogens with one attached hydrogen (secondary N) is 2. The number of hydrogen-bond donors (Lipinski definition) is 2. The lowest BCUT2D eigenvalue weighted by atomic mass is 10.0. The van der Waals surface area contributed by atoms with Gasteiger partial charge in [-0.15, -0.1) is 0 Å². The van der Waals surface area contributed by atoms with E-state index in [2.05, 4.69) is 39.8 Å². The van der Waals surface area contributed by atoms with Crippen LogP contribution < -0.4 is 10.6 Å². The Labute approximate surface area is 160 Å². The minimum absolute atomic E-state index is 0.163. The van der Waals surface area contributed by atoms with Gasteiger partial charge < -0.3 is 5.32 Å². The molecule has 1 fully saturated rings. The van der Waals surface area contributed by atoms with E-state index in [0.29, 0.717) is 16.7 Å². The second-order valence-electron chi connectivity index (χ2n) is 6.83. The third-order valence-corrected chi connectivity index (χ3v) is 4.93. The van der Waals surface area contributed by atoms with Crippen molar-refractivity contribution in [2.24, 2.45) is 0 Å². The first-order chi connectivity index (χ1) is 12.6. The summed E-state index contributed by atoms with van der Waals surface area (Å²) in [6, 6.07) is 18.3. The molecule has 2 N–H and O–H groups in total. The number of piperidine rings is 1. The lowest BCUT2D eigenvalue weighted by Gasteiger charge is -2.32. The number of hydrogen-bond acceptors (Lipinski definition) is 3. The summed E-state index contributed by atoms with van der Waals surface area (Å²) in [5.41, 5.74) is 3.10. The number of carbonyl (C=O) groups excluding carboxylic acids is 1. The normalized spacial score (nSPS) is 15.4. The highest BCUT2D eigenvalue weighted by Gasteiger charge is 2.20. The molecule has 2 aromatic carbocycles. The van der Waals surface area contributed by atoms with Crippen molar-refractivity contribution in [3.63, 3.8) is 0 Å². The number of thiocarbonyl (C=S) groups is 1. The van der Waals surface area contributed by atoms with E-state index < -0.39 is 0 Å². The summed E-state index contributed by atoms with van der Waals surface area (Å²) in [6.45, 7) is 5.04. The topological polar surface area (TPSA) is 44.4 Å². The maximum absolute atomic E-state index is 12.2. The molecule has 0 aromatic heterocycles. The van der Waals surface area contributed by atoms with Gasteiger partial charge in [0.25, 0.3) is 5.91 Å². The monoisotopic (exact) mass is 367 g/mol. The predicted octanol–water partition coefficient (Wildman–Crippen LogP) is 3.26. The summed E-state index contributed by atoms with van der Waals surface area (Å²) >= 11 is 5.31. The van der Waals surface area contributed by atoms with E-state index in [-0.39, 0.29) is 5.91 Å². The minimum Gasteiger partial charge on any atom is -0.360 e. The van der Waals surface area contributed by atoms with Gasteiger partial charge >= 0.3 is 0 Å². The van der Waals surface area contributed by atoms with Gasteiger partial charge in [-0.25, -0.2) is 0 Å². The SMILES string of the molecule is Cc1ccc(C(=O)NC(=S)NC2CCN(Cc3ccccc3)CC2)cc1. The van der Waals surface area contributed by atoms with Crippen LogP contribution in [0.5, 0.6) is 0 Å². The Morgan fingerprint density at radius 1 is 1.08 bits per heavy atom.